The van der Waals surface area contributed by atoms with Gasteiger partial charge in [0.15, 0.2) is 0 Å². The van der Waals surface area contributed by atoms with Gasteiger partial charge in [0.1, 0.15) is 12.1 Å². The van der Waals surface area contributed by atoms with Gasteiger partial charge in [-0.2, -0.15) is 0 Å². The number of carboxylic acids is 1. The first-order valence-electron chi connectivity index (χ1n) is 12.1. The average molecular weight is 465 g/mol. The number of aliphatic carboxylic acids is 1. The van der Waals surface area contributed by atoms with E-state index < -0.39 is 23.5 Å². The highest BCUT2D eigenvalue weighted by molar-refractivity contribution is 5.90. The summed E-state index contributed by atoms with van der Waals surface area (Å²) in [5.41, 5.74) is 3.45. The zero-order chi connectivity index (χ0) is 24.3. The Morgan fingerprint density at radius 3 is 2.09 bits per heavy atom. The molecule has 2 aromatic carbocycles. The molecule has 1 saturated carbocycles. The van der Waals surface area contributed by atoms with E-state index in [1.807, 2.05) is 38.1 Å². The van der Waals surface area contributed by atoms with E-state index in [1.165, 1.54) is 0 Å². The molecule has 2 aliphatic carbocycles. The minimum Gasteiger partial charge on any atom is -0.481 e. The Hall–Kier alpha value is -3.35. The molecule has 0 heterocycles. The molecular formula is C27H32N2O5. The van der Waals surface area contributed by atoms with Gasteiger partial charge in [0.2, 0.25) is 5.91 Å². The first-order valence-corrected chi connectivity index (χ1v) is 12.1. The van der Waals surface area contributed by atoms with Crippen molar-refractivity contribution in [1.82, 2.24) is 10.6 Å². The van der Waals surface area contributed by atoms with Crippen LogP contribution in [0.25, 0.3) is 11.1 Å². The quantitative estimate of drug-likeness (QED) is 0.535. The summed E-state index contributed by atoms with van der Waals surface area (Å²) in [7, 11) is 0. The van der Waals surface area contributed by atoms with Crippen molar-refractivity contribution in [2.24, 2.45) is 5.92 Å². The molecule has 0 aliphatic heterocycles. The molecule has 0 bridgehead atoms. The summed E-state index contributed by atoms with van der Waals surface area (Å²) in [6.07, 6.45) is 1.75. The van der Waals surface area contributed by atoms with Crippen LogP contribution < -0.4 is 10.6 Å². The van der Waals surface area contributed by atoms with Crippen LogP contribution in [-0.2, 0) is 14.3 Å². The second-order valence-electron chi connectivity index (χ2n) is 9.26. The highest BCUT2D eigenvalue weighted by Crippen LogP contribution is 2.44. The lowest BCUT2D eigenvalue weighted by molar-refractivity contribution is -0.141. The summed E-state index contributed by atoms with van der Waals surface area (Å²) >= 11 is 0. The molecular weight excluding hydrogens is 432 g/mol. The topological polar surface area (TPSA) is 105 Å². The summed E-state index contributed by atoms with van der Waals surface area (Å²) in [5, 5.41) is 15.0. The molecule has 0 aromatic heterocycles. The molecule has 0 spiro atoms. The van der Waals surface area contributed by atoms with Crippen molar-refractivity contribution in [3.05, 3.63) is 59.7 Å². The van der Waals surface area contributed by atoms with E-state index in [-0.39, 0.29) is 24.5 Å². The van der Waals surface area contributed by atoms with E-state index in [4.69, 9.17) is 4.74 Å². The second-order valence-corrected chi connectivity index (χ2v) is 9.26. The minimum atomic E-state index is -1.11. The number of hydrogen-bond acceptors (Lipinski definition) is 4. The number of ether oxygens (including phenoxy) is 1. The number of fused-ring (bicyclic) bond motifs is 3. The maximum absolute atomic E-state index is 13.2. The molecule has 0 unspecified atom stereocenters. The largest absolute Gasteiger partial charge is 0.481 e. The molecule has 4 rings (SSSR count). The van der Waals surface area contributed by atoms with Crippen LogP contribution in [-0.4, -0.2) is 41.3 Å². The molecule has 2 atom stereocenters. The van der Waals surface area contributed by atoms with Crippen LogP contribution in [0, 0.1) is 5.92 Å². The molecule has 2 aliphatic rings. The van der Waals surface area contributed by atoms with Crippen molar-refractivity contribution >= 4 is 18.0 Å². The van der Waals surface area contributed by atoms with Crippen LogP contribution in [0.4, 0.5) is 4.79 Å². The Morgan fingerprint density at radius 1 is 0.971 bits per heavy atom. The molecule has 2 amide bonds. The fourth-order valence-corrected chi connectivity index (χ4v) is 5.29. The van der Waals surface area contributed by atoms with Crippen molar-refractivity contribution in [1.29, 1.82) is 0 Å². The van der Waals surface area contributed by atoms with Crippen LogP contribution in [0.5, 0.6) is 0 Å². The highest BCUT2D eigenvalue weighted by Gasteiger charge is 2.40. The molecule has 7 heteroatoms. The van der Waals surface area contributed by atoms with E-state index >= 15 is 0 Å². The zero-order valence-corrected chi connectivity index (χ0v) is 19.7. The fraction of sp³-hybridized carbons (Fsp3) is 0.444. The zero-order valence-electron chi connectivity index (χ0n) is 19.7. The Bertz CT molecular complexity index is 1030. The van der Waals surface area contributed by atoms with Crippen LogP contribution in [0.2, 0.25) is 0 Å². The number of benzene rings is 2. The smallest absolute Gasteiger partial charge is 0.408 e. The Kier molecular flexibility index (Phi) is 6.91. The summed E-state index contributed by atoms with van der Waals surface area (Å²) in [5.74, 6) is -1.61. The first kappa shape index (κ1) is 23.8. The van der Waals surface area contributed by atoms with Crippen LogP contribution in [0.15, 0.2) is 48.5 Å². The lowest BCUT2D eigenvalue weighted by atomic mass is 9.91. The van der Waals surface area contributed by atoms with Crippen LogP contribution in [0.3, 0.4) is 0 Å². The molecule has 1 fully saturated rings. The van der Waals surface area contributed by atoms with Crippen molar-refractivity contribution < 1.29 is 24.2 Å². The van der Waals surface area contributed by atoms with Crippen molar-refractivity contribution in [3.8, 4) is 11.1 Å². The average Bonchev–Trinajstić information content (AvgIpc) is 3.44. The third kappa shape index (κ3) is 4.52. The van der Waals surface area contributed by atoms with Crippen LogP contribution in [0.1, 0.15) is 63.0 Å². The maximum Gasteiger partial charge on any atom is 0.408 e. The van der Waals surface area contributed by atoms with Gasteiger partial charge in [-0.3, -0.25) is 9.59 Å². The molecule has 7 nitrogen and oxygen atoms in total. The van der Waals surface area contributed by atoms with Crippen molar-refractivity contribution in [3.63, 3.8) is 0 Å². The van der Waals surface area contributed by atoms with E-state index in [0.717, 1.165) is 22.3 Å². The molecule has 3 N–H and O–H groups in total. The predicted molar refractivity (Wildman–Crippen MR) is 128 cm³/mol. The monoisotopic (exact) mass is 464 g/mol. The van der Waals surface area contributed by atoms with Crippen molar-refractivity contribution in [2.75, 3.05) is 6.61 Å². The number of carbonyl (C=O) groups excluding carboxylic acids is 2. The van der Waals surface area contributed by atoms with Crippen LogP contribution >= 0.6 is 0 Å². The summed E-state index contributed by atoms with van der Waals surface area (Å²) in [6.45, 7) is 3.87. The maximum atomic E-state index is 13.2. The van der Waals surface area contributed by atoms with Gasteiger partial charge in [0, 0.05) is 12.0 Å². The van der Waals surface area contributed by atoms with Gasteiger partial charge >= 0.3 is 12.1 Å². The number of nitrogens with one attached hydrogen (secondary N) is 2. The molecule has 180 valence electrons. The number of rotatable bonds is 8. The summed E-state index contributed by atoms with van der Waals surface area (Å²) < 4.78 is 5.66. The van der Waals surface area contributed by atoms with Gasteiger partial charge in [-0.05, 0) is 54.4 Å². The third-order valence-electron chi connectivity index (χ3n) is 7.44. The van der Waals surface area contributed by atoms with Gasteiger partial charge < -0.3 is 20.5 Å². The molecule has 0 radical (unpaired) electrons. The van der Waals surface area contributed by atoms with Gasteiger partial charge in [0.05, 0.1) is 5.92 Å². The first-order chi connectivity index (χ1) is 16.4. The van der Waals surface area contributed by atoms with E-state index in [0.29, 0.717) is 32.1 Å². The van der Waals surface area contributed by atoms with Gasteiger partial charge in [-0.15, -0.1) is 0 Å². The van der Waals surface area contributed by atoms with E-state index in [2.05, 4.69) is 34.9 Å². The SMILES string of the molecule is CCC(CC)(NC(=O)OCC1c2ccccc2-c2ccccc21)C(=O)N[C@H]1CC[C@@H](C(=O)O)C1. The number of hydrogen-bond donors (Lipinski definition) is 3. The van der Waals surface area contributed by atoms with E-state index in [1.54, 1.807) is 0 Å². The van der Waals surface area contributed by atoms with E-state index in [9.17, 15) is 19.5 Å². The number of amides is 2. The Labute approximate surface area is 199 Å². The van der Waals surface area contributed by atoms with Gasteiger partial charge in [-0.25, -0.2) is 4.79 Å². The molecule has 0 saturated heterocycles. The molecule has 34 heavy (non-hydrogen) atoms. The van der Waals surface area contributed by atoms with Gasteiger partial charge in [0.25, 0.3) is 0 Å². The number of alkyl carbamates (subject to hydrolysis) is 1. The lowest BCUT2D eigenvalue weighted by Crippen LogP contribution is -2.59. The third-order valence-corrected chi connectivity index (χ3v) is 7.44. The van der Waals surface area contributed by atoms with Crippen molar-refractivity contribution in [2.45, 2.75) is 63.5 Å². The minimum absolute atomic E-state index is 0.0592. The Balaban J connectivity index is 1.41. The molecule has 2 aromatic rings. The summed E-state index contributed by atoms with van der Waals surface area (Å²) in [6, 6.07) is 16.1. The summed E-state index contributed by atoms with van der Waals surface area (Å²) in [4.78, 5) is 37.2. The van der Waals surface area contributed by atoms with Gasteiger partial charge in [-0.1, -0.05) is 62.4 Å². The Morgan fingerprint density at radius 2 is 1.56 bits per heavy atom. The standard InChI is InChI=1S/C27H32N2O5/c1-3-27(4-2,25(32)28-18-14-13-17(15-18)24(30)31)29-26(33)34-16-23-21-11-7-5-9-19(21)20-10-6-8-12-22(20)23/h5-12,17-18,23H,3-4,13-16H2,1-2H3,(H,28,32)(H,29,33)(H,30,31)/t17-,18+/m1/s1. The number of carboxylic acid groups (broad SMARTS) is 1. The lowest BCUT2D eigenvalue weighted by Gasteiger charge is -2.32. The fourth-order valence-electron chi connectivity index (χ4n) is 5.29. The number of carbonyl (C=O) groups is 3. The predicted octanol–water partition coefficient (Wildman–Crippen LogP) is 4.45. The normalized spacial score (nSPS) is 19.2. The highest BCUT2D eigenvalue weighted by atomic mass is 16.5. The second kappa shape index (κ2) is 9.87.